The van der Waals surface area contributed by atoms with Crippen LogP contribution in [0.4, 0.5) is 0 Å². The van der Waals surface area contributed by atoms with Crippen molar-refractivity contribution >= 4 is 0 Å². The van der Waals surface area contributed by atoms with Gasteiger partial charge in [-0.2, -0.15) is 6.07 Å². The Labute approximate surface area is 205 Å². The molecule has 30 heavy (non-hydrogen) atoms. The van der Waals surface area contributed by atoms with Crippen molar-refractivity contribution in [3.8, 4) is 0 Å². The van der Waals surface area contributed by atoms with Crippen LogP contribution in [0.25, 0.3) is 4.85 Å². The molecular weight excluding hydrogens is 453 g/mol. The number of furan rings is 1. The zero-order valence-corrected chi connectivity index (χ0v) is 20.5. The van der Waals surface area contributed by atoms with Gasteiger partial charge >= 0.3 is 0 Å². The fraction of sp³-hybridized carbons (Fsp3) is 0.583. The minimum absolute atomic E-state index is 0. The molecule has 0 amide bonds. The van der Waals surface area contributed by atoms with E-state index >= 15 is 0 Å². The predicted molar refractivity (Wildman–Crippen MR) is 111 cm³/mol. The van der Waals surface area contributed by atoms with E-state index in [1.54, 1.807) is 12.3 Å². The van der Waals surface area contributed by atoms with Gasteiger partial charge in [0.25, 0.3) is 0 Å². The van der Waals surface area contributed by atoms with E-state index in [2.05, 4.69) is 23.0 Å². The Balaban J connectivity index is 0.00000320. The SMILES string of the molecule is [C-]#[N+][C@@H]1C[C@@H](O)C(c2ccc(C(O)CCCCC)nc2)C1CCCc1cc[c-]o1.[Y]. The summed E-state index contributed by atoms with van der Waals surface area (Å²) >= 11 is 0. The van der Waals surface area contributed by atoms with Crippen LogP contribution in [0.1, 0.15) is 80.9 Å². The first-order valence-electron chi connectivity index (χ1n) is 10.8. The Bertz CT molecular complexity index is 773. The number of pyridine rings is 1. The second-order valence-electron chi connectivity index (χ2n) is 8.13. The summed E-state index contributed by atoms with van der Waals surface area (Å²) in [6.45, 7) is 9.71. The van der Waals surface area contributed by atoms with Gasteiger partial charge in [-0.15, -0.1) is 6.07 Å². The molecular formula is C24H31N2O3Y-. The summed E-state index contributed by atoms with van der Waals surface area (Å²) in [6, 6.07) is 7.36. The molecule has 159 valence electrons. The first-order chi connectivity index (χ1) is 14.1. The average Bonchev–Trinajstić information content (AvgIpc) is 3.36. The van der Waals surface area contributed by atoms with Crippen molar-refractivity contribution in [2.24, 2.45) is 5.92 Å². The van der Waals surface area contributed by atoms with E-state index in [-0.39, 0.29) is 50.6 Å². The van der Waals surface area contributed by atoms with E-state index in [4.69, 9.17) is 11.0 Å². The van der Waals surface area contributed by atoms with Crippen LogP contribution in [0, 0.1) is 18.8 Å². The van der Waals surface area contributed by atoms with Gasteiger partial charge in [-0.3, -0.25) is 4.98 Å². The van der Waals surface area contributed by atoms with Crippen LogP contribution < -0.4 is 0 Å². The Hall–Kier alpha value is -1.06. The standard InChI is InChI=1S/C24H31N2O3.Y/c1-3-4-5-11-22(27)20-13-12-17(16-26-20)24-19(21(25-2)15-23(24)28)10-6-8-18-9-7-14-29-18;/h7,9,12-13,16,19,21-24,27-28H,3-6,8,10-11,15H2,1H3;/q-1;/t19?,21-,22?,23-,24?;/m1./s1. The van der Waals surface area contributed by atoms with Crippen molar-refractivity contribution in [2.45, 2.75) is 82.5 Å². The quantitative estimate of drug-likeness (QED) is 0.373. The normalized spacial score (nSPS) is 24.2. The van der Waals surface area contributed by atoms with Crippen LogP contribution in [-0.2, 0) is 39.1 Å². The van der Waals surface area contributed by atoms with E-state index in [0.717, 1.165) is 56.3 Å². The van der Waals surface area contributed by atoms with Crippen molar-refractivity contribution in [3.63, 3.8) is 0 Å². The first-order valence-corrected chi connectivity index (χ1v) is 10.8. The molecule has 2 N–H and O–H groups in total. The van der Waals surface area contributed by atoms with Gasteiger partial charge in [0.2, 0.25) is 6.04 Å². The molecule has 0 aliphatic heterocycles. The van der Waals surface area contributed by atoms with Crippen LogP contribution >= 0.6 is 0 Å². The Morgan fingerprint density at radius 2 is 2.13 bits per heavy atom. The van der Waals surface area contributed by atoms with E-state index in [1.165, 1.54) is 0 Å². The van der Waals surface area contributed by atoms with Crippen LogP contribution in [-0.4, -0.2) is 27.3 Å². The number of hydrogen-bond acceptors (Lipinski definition) is 4. The maximum atomic E-state index is 10.7. The molecule has 0 aromatic carbocycles. The molecule has 2 aromatic heterocycles. The topological polar surface area (TPSA) is 70.8 Å². The number of aromatic nitrogens is 1. The Kier molecular flexibility index (Phi) is 10.7. The number of nitrogens with zero attached hydrogens (tertiary/aromatic N) is 2. The van der Waals surface area contributed by atoms with Gasteiger partial charge in [0.15, 0.2) is 0 Å². The van der Waals surface area contributed by atoms with Gasteiger partial charge in [-0.25, -0.2) is 6.57 Å². The molecule has 2 aromatic rings. The van der Waals surface area contributed by atoms with Crippen molar-refractivity contribution in [1.82, 2.24) is 4.98 Å². The van der Waals surface area contributed by atoms with Crippen molar-refractivity contribution in [3.05, 3.63) is 65.2 Å². The first kappa shape index (κ1) is 25.2. The van der Waals surface area contributed by atoms with Crippen molar-refractivity contribution in [2.75, 3.05) is 0 Å². The number of aliphatic hydroxyl groups excluding tert-OH is 2. The fourth-order valence-electron chi connectivity index (χ4n) is 4.55. The van der Waals surface area contributed by atoms with Gasteiger partial charge in [0.05, 0.1) is 17.9 Å². The number of aryl methyl sites for hydroxylation is 1. The Morgan fingerprint density at radius 3 is 2.77 bits per heavy atom. The zero-order chi connectivity index (χ0) is 20.6. The van der Waals surface area contributed by atoms with Gasteiger partial charge in [0.1, 0.15) is 0 Å². The summed E-state index contributed by atoms with van der Waals surface area (Å²) in [5.41, 5.74) is 1.65. The average molecular weight is 484 g/mol. The van der Waals surface area contributed by atoms with E-state index in [0.29, 0.717) is 12.1 Å². The summed E-state index contributed by atoms with van der Waals surface area (Å²) < 4.78 is 5.29. The molecule has 2 heterocycles. The van der Waals surface area contributed by atoms with E-state index < -0.39 is 12.2 Å². The van der Waals surface area contributed by atoms with Crippen LogP contribution in [0.15, 0.2) is 34.9 Å². The summed E-state index contributed by atoms with van der Waals surface area (Å²) in [7, 11) is 0. The minimum atomic E-state index is -0.541. The molecule has 1 aliphatic rings. The third kappa shape index (κ3) is 6.47. The smallest absolute Gasteiger partial charge is 0.229 e. The van der Waals surface area contributed by atoms with Gasteiger partial charge < -0.3 is 19.5 Å². The summed E-state index contributed by atoms with van der Waals surface area (Å²) in [4.78, 5) is 8.28. The summed E-state index contributed by atoms with van der Waals surface area (Å²) in [5.74, 6) is 0.919. The maximum Gasteiger partial charge on any atom is 0.229 e. The van der Waals surface area contributed by atoms with Crippen LogP contribution in [0.2, 0.25) is 0 Å². The summed E-state index contributed by atoms with van der Waals surface area (Å²) in [5, 5.41) is 21.0. The third-order valence-electron chi connectivity index (χ3n) is 6.12. The van der Waals surface area contributed by atoms with Crippen molar-refractivity contribution < 1.29 is 47.3 Å². The van der Waals surface area contributed by atoms with E-state index in [1.807, 2.05) is 18.2 Å². The summed E-state index contributed by atoms with van der Waals surface area (Å²) in [6.07, 6.45) is 10.5. The molecule has 0 bridgehead atoms. The predicted octanol–water partition coefficient (Wildman–Crippen LogP) is 4.86. The monoisotopic (exact) mass is 484 g/mol. The van der Waals surface area contributed by atoms with Crippen LogP contribution in [0.5, 0.6) is 0 Å². The molecule has 1 radical (unpaired) electrons. The van der Waals surface area contributed by atoms with Gasteiger partial charge in [-0.1, -0.05) is 50.9 Å². The van der Waals surface area contributed by atoms with Gasteiger partial charge in [-0.05, 0) is 30.7 Å². The fourth-order valence-corrected chi connectivity index (χ4v) is 4.55. The second-order valence-corrected chi connectivity index (χ2v) is 8.13. The number of aliphatic hydroxyl groups is 2. The molecule has 5 atom stereocenters. The number of unbranched alkanes of at least 4 members (excludes halogenated alkanes) is 2. The molecule has 5 nitrogen and oxygen atoms in total. The number of hydrogen-bond donors (Lipinski definition) is 2. The largest absolute Gasteiger partial charge is 0.596 e. The molecule has 0 spiro atoms. The second kappa shape index (κ2) is 12.7. The molecule has 1 fully saturated rings. The Morgan fingerprint density at radius 1 is 1.30 bits per heavy atom. The molecule has 1 aliphatic carbocycles. The van der Waals surface area contributed by atoms with Crippen molar-refractivity contribution in [1.29, 1.82) is 0 Å². The molecule has 3 rings (SSSR count). The molecule has 0 saturated heterocycles. The van der Waals surface area contributed by atoms with Crippen LogP contribution in [0.3, 0.4) is 0 Å². The zero-order valence-electron chi connectivity index (χ0n) is 17.7. The van der Waals surface area contributed by atoms with E-state index in [9.17, 15) is 10.2 Å². The minimum Gasteiger partial charge on any atom is -0.596 e. The molecule has 3 unspecified atom stereocenters. The third-order valence-corrected chi connectivity index (χ3v) is 6.12. The maximum absolute atomic E-state index is 10.7. The van der Waals surface area contributed by atoms with Gasteiger partial charge in [0, 0.05) is 57.2 Å². The molecule has 6 heteroatoms. The number of rotatable bonds is 10. The molecule has 1 saturated carbocycles.